The van der Waals surface area contributed by atoms with Crippen LogP contribution >= 0.6 is 11.3 Å². The van der Waals surface area contributed by atoms with Gasteiger partial charge in [0.1, 0.15) is 22.8 Å². The summed E-state index contributed by atoms with van der Waals surface area (Å²) >= 11 is 1.61. The summed E-state index contributed by atoms with van der Waals surface area (Å²) in [7, 11) is 1.65. The maximum atomic E-state index is 13.0. The van der Waals surface area contributed by atoms with Crippen LogP contribution in [0.3, 0.4) is 0 Å². The summed E-state index contributed by atoms with van der Waals surface area (Å²) < 4.78 is 11.5. The summed E-state index contributed by atoms with van der Waals surface area (Å²) in [5.74, 6) is 1.37. The van der Waals surface area contributed by atoms with E-state index in [9.17, 15) is 9.90 Å². The number of aromatic hydroxyl groups is 1. The molecule has 3 aromatic carbocycles. The van der Waals surface area contributed by atoms with Gasteiger partial charge in [-0.2, -0.15) is 0 Å². The molecule has 38 heavy (non-hydrogen) atoms. The minimum absolute atomic E-state index is 0.111. The van der Waals surface area contributed by atoms with E-state index in [0.29, 0.717) is 35.4 Å². The van der Waals surface area contributed by atoms with E-state index in [0.717, 1.165) is 29.2 Å². The highest BCUT2D eigenvalue weighted by Gasteiger charge is 2.17. The Labute approximate surface area is 225 Å². The number of benzene rings is 3. The molecule has 0 aliphatic carbocycles. The van der Waals surface area contributed by atoms with E-state index in [2.05, 4.69) is 17.0 Å². The second kappa shape index (κ2) is 11.9. The highest BCUT2D eigenvalue weighted by Crippen LogP contribution is 2.29. The summed E-state index contributed by atoms with van der Waals surface area (Å²) in [6, 6.07) is 27.0. The number of methoxy groups -OCH3 is 1. The van der Waals surface area contributed by atoms with E-state index in [1.165, 1.54) is 11.6 Å². The Hall–Kier alpha value is -4.13. The van der Waals surface area contributed by atoms with Gasteiger partial charge in [-0.15, -0.1) is 11.3 Å². The molecule has 0 radical (unpaired) electrons. The zero-order valence-corrected chi connectivity index (χ0v) is 22.0. The standard InChI is InChI=1S/C32H29NO4S/c1-36-25-11-9-24(10-12-25)21-33(18-17-23-6-3-2-4-7-23)22-29-30(34)16-15-28-31(35)20-26(37-32(28)29)13-14-27-8-5-19-38-27/h2-16,19-20,34H,17-18,21-22H2,1H3/b14-13+. The summed E-state index contributed by atoms with van der Waals surface area (Å²) in [6.45, 7) is 1.84. The first kappa shape index (κ1) is 25.5. The van der Waals surface area contributed by atoms with E-state index in [-0.39, 0.29) is 11.2 Å². The fourth-order valence-corrected chi connectivity index (χ4v) is 5.04. The number of phenolic OH excluding ortho intramolecular Hbond substituents is 1. The third kappa shape index (κ3) is 6.22. The molecule has 0 saturated heterocycles. The second-order valence-electron chi connectivity index (χ2n) is 9.10. The third-order valence-corrected chi connectivity index (χ3v) is 7.29. The zero-order chi connectivity index (χ0) is 26.3. The summed E-state index contributed by atoms with van der Waals surface area (Å²) in [5.41, 5.74) is 3.25. The minimum Gasteiger partial charge on any atom is -0.507 e. The van der Waals surface area contributed by atoms with Crippen LogP contribution < -0.4 is 10.2 Å². The normalized spacial score (nSPS) is 11.5. The van der Waals surface area contributed by atoms with Crippen LogP contribution in [-0.4, -0.2) is 23.7 Å². The van der Waals surface area contributed by atoms with E-state index < -0.39 is 0 Å². The first-order valence-corrected chi connectivity index (χ1v) is 13.4. The average molecular weight is 524 g/mol. The fourth-order valence-electron chi connectivity index (χ4n) is 4.43. The highest BCUT2D eigenvalue weighted by atomic mass is 32.1. The lowest BCUT2D eigenvalue weighted by Gasteiger charge is -2.24. The molecule has 0 amide bonds. The quantitative estimate of drug-likeness (QED) is 0.214. The smallest absolute Gasteiger partial charge is 0.193 e. The fraction of sp³-hybridized carbons (Fsp3) is 0.156. The molecule has 6 heteroatoms. The summed E-state index contributed by atoms with van der Waals surface area (Å²) in [6.07, 6.45) is 4.57. The number of fused-ring (bicyclic) bond motifs is 1. The molecule has 192 valence electrons. The number of ether oxygens (including phenoxy) is 1. The molecule has 0 aliphatic heterocycles. The Bertz CT molecular complexity index is 1570. The molecule has 0 fully saturated rings. The average Bonchev–Trinajstić information content (AvgIpc) is 3.47. The maximum absolute atomic E-state index is 13.0. The van der Waals surface area contributed by atoms with E-state index in [1.807, 2.05) is 66.1 Å². The van der Waals surface area contributed by atoms with E-state index in [4.69, 9.17) is 9.15 Å². The Morgan fingerprint density at radius 2 is 1.74 bits per heavy atom. The summed E-state index contributed by atoms with van der Waals surface area (Å²) in [5, 5.41) is 13.4. The van der Waals surface area contributed by atoms with Crippen molar-refractivity contribution < 1.29 is 14.3 Å². The van der Waals surface area contributed by atoms with Crippen LogP contribution in [0.2, 0.25) is 0 Å². The largest absolute Gasteiger partial charge is 0.507 e. The van der Waals surface area contributed by atoms with Gasteiger partial charge in [-0.25, -0.2) is 0 Å². The van der Waals surface area contributed by atoms with Crippen LogP contribution in [0.25, 0.3) is 23.1 Å². The van der Waals surface area contributed by atoms with Crippen molar-refractivity contribution in [1.82, 2.24) is 4.90 Å². The topological polar surface area (TPSA) is 62.9 Å². The zero-order valence-electron chi connectivity index (χ0n) is 21.2. The van der Waals surface area contributed by atoms with Crippen molar-refractivity contribution in [2.45, 2.75) is 19.5 Å². The Balaban J connectivity index is 1.48. The maximum Gasteiger partial charge on any atom is 0.193 e. The molecule has 2 heterocycles. The van der Waals surface area contributed by atoms with Gasteiger partial charge in [-0.3, -0.25) is 9.69 Å². The second-order valence-corrected chi connectivity index (χ2v) is 10.1. The van der Waals surface area contributed by atoms with Crippen molar-refractivity contribution in [3.63, 3.8) is 0 Å². The highest BCUT2D eigenvalue weighted by molar-refractivity contribution is 7.10. The lowest BCUT2D eigenvalue weighted by Crippen LogP contribution is -2.25. The van der Waals surface area contributed by atoms with Crippen LogP contribution in [0, 0.1) is 0 Å². The molecule has 5 rings (SSSR count). The molecule has 0 atom stereocenters. The van der Waals surface area contributed by atoms with Crippen molar-refractivity contribution in [3.05, 3.63) is 128 Å². The molecule has 0 saturated carbocycles. The van der Waals surface area contributed by atoms with Gasteiger partial charge < -0.3 is 14.3 Å². The predicted octanol–water partition coefficient (Wildman–Crippen LogP) is 6.98. The molecule has 5 nitrogen and oxygen atoms in total. The molecule has 5 aromatic rings. The predicted molar refractivity (Wildman–Crippen MR) is 155 cm³/mol. The SMILES string of the molecule is COc1ccc(CN(CCc2ccccc2)Cc2c(O)ccc3c(=O)cc(/C=C/c4cccs4)oc23)cc1. The molecule has 0 bridgehead atoms. The van der Waals surface area contributed by atoms with Crippen molar-refractivity contribution in [1.29, 1.82) is 0 Å². The Morgan fingerprint density at radius 3 is 2.47 bits per heavy atom. The lowest BCUT2D eigenvalue weighted by atomic mass is 10.1. The van der Waals surface area contributed by atoms with Gasteiger partial charge in [0, 0.05) is 30.6 Å². The van der Waals surface area contributed by atoms with Gasteiger partial charge in [-0.1, -0.05) is 48.5 Å². The number of rotatable bonds is 10. The number of nitrogens with zero attached hydrogens (tertiary/aromatic N) is 1. The molecular weight excluding hydrogens is 494 g/mol. The van der Waals surface area contributed by atoms with Gasteiger partial charge >= 0.3 is 0 Å². The van der Waals surface area contributed by atoms with E-state index >= 15 is 0 Å². The van der Waals surface area contributed by atoms with Gasteiger partial charge in [0.15, 0.2) is 5.43 Å². The van der Waals surface area contributed by atoms with Crippen molar-refractivity contribution in [3.8, 4) is 11.5 Å². The van der Waals surface area contributed by atoms with Crippen molar-refractivity contribution in [2.24, 2.45) is 0 Å². The monoisotopic (exact) mass is 523 g/mol. The molecular formula is C32H29NO4S. The van der Waals surface area contributed by atoms with Crippen LogP contribution in [0.15, 0.2) is 99.5 Å². The molecule has 0 aliphatic rings. The lowest BCUT2D eigenvalue weighted by molar-refractivity contribution is 0.256. The summed E-state index contributed by atoms with van der Waals surface area (Å²) in [4.78, 5) is 16.3. The number of phenols is 1. The first-order valence-electron chi connectivity index (χ1n) is 12.5. The minimum atomic E-state index is -0.135. The van der Waals surface area contributed by atoms with Crippen LogP contribution in [0.4, 0.5) is 0 Å². The van der Waals surface area contributed by atoms with Crippen LogP contribution in [0.1, 0.15) is 27.3 Å². The van der Waals surface area contributed by atoms with E-state index in [1.54, 1.807) is 36.7 Å². The van der Waals surface area contributed by atoms with Crippen LogP contribution in [0.5, 0.6) is 11.5 Å². The van der Waals surface area contributed by atoms with Crippen LogP contribution in [-0.2, 0) is 19.5 Å². The van der Waals surface area contributed by atoms with Gasteiger partial charge in [0.2, 0.25) is 0 Å². The first-order chi connectivity index (χ1) is 18.6. The molecule has 0 unspecified atom stereocenters. The van der Waals surface area contributed by atoms with Gasteiger partial charge in [0.25, 0.3) is 0 Å². The number of thiophene rings is 1. The molecule has 2 aromatic heterocycles. The Morgan fingerprint density at radius 1 is 0.921 bits per heavy atom. The number of hydrogen-bond acceptors (Lipinski definition) is 6. The Kier molecular flexibility index (Phi) is 8.02. The number of hydrogen-bond donors (Lipinski definition) is 1. The van der Waals surface area contributed by atoms with Gasteiger partial charge in [0.05, 0.1) is 18.1 Å². The van der Waals surface area contributed by atoms with Crippen molar-refractivity contribution >= 4 is 34.5 Å². The van der Waals surface area contributed by atoms with Gasteiger partial charge in [-0.05, 0) is 65.4 Å². The third-order valence-electron chi connectivity index (χ3n) is 6.46. The van der Waals surface area contributed by atoms with Crippen molar-refractivity contribution in [2.75, 3.05) is 13.7 Å². The molecule has 1 N–H and O–H groups in total. The molecule has 0 spiro atoms.